The van der Waals surface area contributed by atoms with Gasteiger partial charge in [0.1, 0.15) is 11.4 Å². The van der Waals surface area contributed by atoms with Crippen LogP contribution in [0.4, 0.5) is 11.4 Å². The number of nitro benzene ring substituents is 1. The number of nitrogen functional groups attached to an aromatic ring is 1. The third-order valence-corrected chi connectivity index (χ3v) is 3.70. The summed E-state index contributed by atoms with van der Waals surface area (Å²) in [4.78, 5) is 11.5. The fourth-order valence-corrected chi connectivity index (χ4v) is 2.66. The zero-order chi connectivity index (χ0) is 14.1. The van der Waals surface area contributed by atoms with E-state index in [0.717, 1.165) is 4.88 Å². The number of aromatic nitrogens is 2. The zero-order valence-electron chi connectivity index (χ0n) is 10.3. The maximum atomic E-state index is 11.1. The van der Waals surface area contributed by atoms with Gasteiger partial charge in [0, 0.05) is 6.07 Å². The van der Waals surface area contributed by atoms with Crippen molar-refractivity contribution in [1.29, 1.82) is 0 Å². The minimum Gasteiger partial charge on any atom is -0.396 e. The molecule has 0 aliphatic carbocycles. The van der Waals surface area contributed by atoms with Gasteiger partial charge in [-0.1, -0.05) is 18.2 Å². The SMILES string of the molecule is Nc1cn(-c2ccccc2[N+](=O)[O-])nc1-c1cccs1. The smallest absolute Gasteiger partial charge is 0.294 e. The van der Waals surface area contributed by atoms with Gasteiger partial charge in [-0.05, 0) is 17.5 Å². The first kappa shape index (κ1) is 12.4. The fourth-order valence-electron chi connectivity index (χ4n) is 1.93. The van der Waals surface area contributed by atoms with Gasteiger partial charge in [0.05, 0.1) is 21.7 Å². The van der Waals surface area contributed by atoms with E-state index in [-0.39, 0.29) is 5.69 Å². The quantitative estimate of drug-likeness (QED) is 0.592. The van der Waals surface area contributed by atoms with E-state index >= 15 is 0 Å². The Morgan fingerprint density at radius 2 is 2.05 bits per heavy atom. The second kappa shape index (κ2) is 4.78. The number of hydrogen-bond donors (Lipinski definition) is 1. The highest BCUT2D eigenvalue weighted by Gasteiger charge is 2.17. The topological polar surface area (TPSA) is 87.0 Å². The first-order valence-corrected chi connectivity index (χ1v) is 6.67. The van der Waals surface area contributed by atoms with Gasteiger partial charge < -0.3 is 5.73 Å². The Balaban J connectivity index is 2.13. The first-order chi connectivity index (χ1) is 9.66. The van der Waals surface area contributed by atoms with E-state index in [0.29, 0.717) is 17.1 Å². The van der Waals surface area contributed by atoms with Crippen molar-refractivity contribution in [2.24, 2.45) is 0 Å². The van der Waals surface area contributed by atoms with Crippen LogP contribution in [-0.4, -0.2) is 14.7 Å². The molecule has 1 aromatic carbocycles. The van der Waals surface area contributed by atoms with Crippen molar-refractivity contribution in [2.75, 3.05) is 5.73 Å². The van der Waals surface area contributed by atoms with Crippen molar-refractivity contribution in [2.45, 2.75) is 0 Å². The van der Waals surface area contributed by atoms with Gasteiger partial charge in [-0.3, -0.25) is 10.1 Å². The van der Waals surface area contributed by atoms with E-state index in [1.165, 1.54) is 22.1 Å². The van der Waals surface area contributed by atoms with Gasteiger partial charge in [-0.2, -0.15) is 5.10 Å². The summed E-state index contributed by atoms with van der Waals surface area (Å²) in [6, 6.07) is 10.2. The molecule has 0 unspecified atom stereocenters. The van der Waals surface area contributed by atoms with E-state index in [4.69, 9.17) is 5.73 Å². The molecule has 2 heterocycles. The number of rotatable bonds is 3. The lowest BCUT2D eigenvalue weighted by Gasteiger charge is -2.01. The molecule has 2 N–H and O–H groups in total. The van der Waals surface area contributed by atoms with Crippen LogP contribution < -0.4 is 5.73 Å². The van der Waals surface area contributed by atoms with Crippen LogP contribution in [0.2, 0.25) is 0 Å². The molecule has 2 aromatic heterocycles. The Morgan fingerprint density at radius 1 is 1.25 bits per heavy atom. The molecule has 0 aliphatic rings. The molecule has 0 radical (unpaired) electrons. The van der Waals surface area contributed by atoms with Gasteiger partial charge in [-0.15, -0.1) is 11.3 Å². The molecule has 100 valence electrons. The van der Waals surface area contributed by atoms with E-state index < -0.39 is 4.92 Å². The molecule has 20 heavy (non-hydrogen) atoms. The second-order valence-electron chi connectivity index (χ2n) is 4.10. The predicted octanol–water partition coefficient (Wildman–Crippen LogP) is 3.09. The lowest BCUT2D eigenvalue weighted by molar-refractivity contribution is -0.384. The van der Waals surface area contributed by atoms with Crippen LogP contribution in [0.1, 0.15) is 0 Å². The number of hydrogen-bond acceptors (Lipinski definition) is 5. The Hall–Kier alpha value is -2.67. The van der Waals surface area contributed by atoms with Crippen LogP contribution in [0, 0.1) is 10.1 Å². The lowest BCUT2D eigenvalue weighted by atomic mass is 10.3. The summed E-state index contributed by atoms with van der Waals surface area (Å²) in [7, 11) is 0. The number of anilines is 1. The van der Waals surface area contributed by atoms with Gasteiger partial charge >= 0.3 is 0 Å². The molecule has 7 heteroatoms. The second-order valence-corrected chi connectivity index (χ2v) is 5.05. The third-order valence-electron chi connectivity index (χ3n) is 2.82. The minimum absolute atomic E-state index is 0.00673. The lowest BCUT2D eigenvalue weighted by Crippen LogP contribution is -2.00. The fraction of sp³-hybridized carbons (Fsp3) is 0. The van der Waals surface area contributed by atoms with Crippen LogP contribution in [0.5, 0.6) is 0 Å². The van der Waals surface area contributed by atoms with Gasteiger partial charge in [0.25, 0.3) is 5.69 Å². The van der Waals surface area contributed by atoms with Crippen molar-refractivity contribution in [3.05, 3.63) is 58.1 Å². The van der Waals surface area contributed by atoms with Crippen molar-refractivity contribution in [3.8, 4) is 16.3 Å². The summed E-state index contributed by atoms with van der Waals surface area (Å²) in [6.45, 7) is 0. The summed E-state index contributed by atoms with van der Waals surface area (Å²) in [5, 5.41) is 17.3. The maximum Gasteiger partial charge on any atom is 0.294 e. The molecule has 0 spiro atoms. The molecule has 3 aromatic rings. The summed E-state index contributed by atoms with van der Waals surface area (Å²) in [5.74, 6) is 0. The largest absolute Gasteiger partial charge is 0.396 e. The molecule has 0 saturated heterocycles. The highest BCUT2D eigenvalue weighted by molar-refractivity contribution is 7.13. The van der Waals surface area contributed by atoms with Gasteiger partial charge in [0.15, 0.2) is 0 Å². The van der Waals surface area contributed by atoms with Crippen molar-refractivity contribution in [1.82, 2.24) is 9.78 Å². The highest BCUT2D eigenvalue weighted by atomic mass is 32.1. The Bertz CT molecular complexity index is 765. The molecule has 0 atom stereocenters. The monoisotopic (exact) mass is 286 g/mol. The summed E-state index contributed by atoms with van der Waals surface area (Å²) >= 11 is 1.52. The van der Waals surface area contributed by atoms with Crippen LogP contribution in [0.15, 0.2) is 48.0 Å². The highest BCUT2D eigenvalue weighted by Crippen LogP contribution is 2.30. The first-order valence-electron chi connectivity index (χ1n) is 5.79. The number of nitrogens with two attached hydrogens (primary N) is 1. The number of nitro groups is 1. The van der Waals surface area contributed by atoms with Crippen LogP contribution in [-0.2, 0) is 0 Å². The summed E-state index contributed by atoms with van der Waals surface area (Å²) in [6.07, 6.45) is 1.59. The Kier molecular flexibility index (Phi) is 2.96. The normalized spacial score (nSPS) is 10.6. The molecule has 0 fully saturated rings. The van der Waals surface area contributed by atoms with Crippen LogP contribution in [0.25, 0.3) is 16.3 Å². The molecule has 0 bridgehead atoms. The summed E-state index contributed by atoms with van der Waals surface area (Å²) in [5.41, 5.74) is 7.47. The third kappa shape index (κ3) is 2.04. The number of nitrogens with zero attached hydrogens (tertiary/aromatic N) is 3. The minimum atomic E-state index is -0.433. The van der Waals surface area contributed by atoms with E-state index in [1.54, 1.807) is 24.4 Å². The van der Waals surface area contributed by atoms with E-state index in [2.05, 4.69) is 5.10 Å². The van der Waals surface area contributed by atoms with Crippen molar-refractivity contribution < 1.29 is 4.92 Å². The maximum absolute atomic E-state index is 11.1. The average Bonchev–Trinajstić information content (AvgIpc) is 3.07. The van der Waals surface area contributed by atoms with Crippen molar-refractivity contribution in [3.63, 3.8) is 0 Å². The molecule has 6 nitrogen and oxygen atoms in total. The molecule has 0 amide bonds. The molecule has 0 aliphatic heterocycles. The Labute approximate surface area is 118 Å². The van der Waals surface area contributed by atoms with E-state index in [1.807, 2.05) is 17.5 Å². The standard InChI is InChI=1S/C13H10N4O2S/c14-9-8-16(15-13(9)12-6-3-7-20-12)10-4-1-2-5-11(10)17(18)19/h1-8H,14H2. The van der Waals surface area contributed by atoms with Crippen LogP contribution in [0.3, 0.4) is 0 Å². The molecular formula is C13H10N4O2S. The van der Waals surface area contributed by atoms with Crippen molar-refractivity contribution >= 4 is 22.7 Å². The number of thiophene rings is 1. The van der Waals surface area contributed by atoms with Gasteiger partial charge in [-0.25, -0.2) is 4.68 Å². The zero-order valence-corrected chi connectivity index (χ0v) is 11.1. The Morgan fingerprint density at radius 3 is 2.75 bits per heavy atom. The average molecular weight is 286 g/mol. The number of para-hydroxylation sites is 2. The van der Waals surface area contributed by atoms with E-state index in [9.17, 15) is 10.1 Å². The molecule has 3 rings (SSSR count). The van der Waals surface area contributed by atoms with Gasteiger partial charge in [0.2, 0.25) is 0 Å². The number of benzene rings is 1. The molecule has 0 saturated carbocycles. The summed E-state index contributed by atoms with van der Waals surface area (Å²) < 4.78 is 1.45. The van der Waals surface area contributed by atoms with Crippen LogP contribution >= 0.6 is 11.3 Å². The molecular weight excluding hydrogens is 276 g/mol. The predicted molar refractivity (Wildman–Crippen MR) is 77.9 cm³/mol.